The summed E-state index contributed by atoms with van der Waals surface area (Å²) in [6, 6.07) is 12.0. The van der Waals surface area contributed by atoms with E-state index in [1.807, 2.05) is 49.5 Å². The van der Waals surface area contributed by atoms with Gasteiger partial charge in [-0.2, -0.15) is 0 Å². The van der Waals surface area contributed by atoms with Gasteiger partial charge in [-0.15, -0.1) is 0 Å². The molecule has 2 rings (SSSR count). The number of benzene rings is 1. The number of aryl methyl sites for hydroxylation is 1. The topological polar surface area (TPSA) is 51.7 Å². The van der Waals surface area contributed by atoms with Crippen LogP contribution in [0, 0.1) is 0 Å². The van der Waals surface area contributed by atoms with Crippen LogP contribution < -0.4 is 4.74 Å². The Balaban J connectivity index is 1.77. The zero-order valence-electron chi connectivity index (χ0n) is 17.8. The third-order valence-corrected chi connectivity index (χ3v) is 4.42. The summed E-state index contributed by atoms with van der Waals surface area (Å²) in [5.74, 6) is 0.343. The Labute approximate surface area is 174 Å². The largest absolute Gasteiger partial charge is 0.490 e. The van der Waals surface area contributed by atoms with Crippen LogP contribution in [0.5, 0.6) is 5.75 Å². The van der Waals surface area contributed by atoms with E-state index in [0.29, 0.717) is 18.7 Å². The fraction of sp³-hybridized carbons (Fsp3) is 0.417. The monoisotopic (exact) mass is 396 g/mol. The van der Waals surface area contributed by atoms with E-state index in [9.17, 15) is 4.79 Å². The van der Waals surface area contributed by atoms with Crippen LogP contribution in [-0.2, 0) is 16.0 Å². The quantitative estimate of drug-likeness (QED) is 0.300. The second kappa shape index (κ2) is 12.0. The smallest absolute Gasteiger partial charge is 0.334 e. The summed E-state index contributed by atoms with van der Waals surface area (Å²) in [5.41, 5.74) is 3.71. The van der Waals surface area contributed by atoms with Gasteiger partial charge in [0.1, 0.15) is 19.0 Å². The second-order valence-corrected chi connectivity index (χ2v) is 7.36. The molecule has 0 unspecified atom stereocenters. The van der Waals surface area contributed by atoms with E-state index in [1.165, 1.54) is 24.8 Å². The minimum atomic E-state index is -0.387. The Hall–Kier alpha value is -2.66. The van der Waals surface area contributed by atoms with Crippen molar-refractivity contribution in [3.05, 3.63) is 60.3 Å². The van der Waals surface area contributed by atoms with E-state index in [-0.39, 0.29) is 12.6 Å². The maximum absolute atomic E-state index is 11.8. The molecule has 156 valence electrons. The van der Waals surface area contributed by atoms with Gasteiger partial charge in [0, 0.05) is 23.9 Å². The first kappa shape index (κ1) is 22.6. The van der Waals surface area contributed by atoms with Crippen LogP contribution in [-0.4, -0.2) is 49.7 Å². The number of ether oxygens (including phenoxy) is 2. The Morgan fingerprint density at radius 2 is 1.83 bits per heavy atom. The summed E-state index contributed by atoms with van der Waals surface area (Å²) in [5, 5.41) is 0. The van der Waals surface area contributed by atoms with Crippen molar-refractivity contribution in [1.82, 2.24) is 9.88 Å². The van der Waals surface area contributed by atoms with Gasteiger partial charge in [0.2, 0.25) is 0 Å². The van der Waals surface area contributed by atoms with Crippen molar-refractivity contribution >= 4 is 5.97 Å². The molecule has 0 atom stereocenters. The molecule has 0 saturated carbocycles. The Morgan fingerprint density at radius 1 is 1.07 bits per heavy atom. The summed E-state index contributed by atoms with van der Waals surface area (Å²) in [6.07, 6.45) is 6.75. The lowest BCUT2D eigenvalue weighted by atomic mass is 10.1. The zero-order valence-corrected chi connectivity index (χ0v) is 17.8. The van der Waals surface area contributed by atoms with Crippen molar-refractivity contribution in [2.45, 2.75) is 32.6 Å². The van der Waals surface area contributed by atoms with Crippen LogP contribution in [0.1, 0.15) is 31.7 Å². The van der Waals surface area contributed by atoms with Gasteiger partial charge in [0.25, 0.3) is 0 Å². The van der Waals surface area contributed by atoms with Gasteiger partial charge in [0.15, 0.2) is 0 Å². The summed E-state index contributed by atoms with van der Waals surface area (Å²) < 4.78 is 10.8. The van der Waals surface area contributed by atoms with E-state index in [4.69, 9.17) is 9.47 Å². The number of hydrogen-bond donors (Lipinski definition) is 0. The molecule has 0 bridgehead atoms. The van der Waals surface area contributed by atoms with E-state index < -0.39 is 0 Å². The average molecular weight is 397 g/mol. The molecule has 0 aliphatic rings. The predicted octanol–water partition coefficient (Wildman–Crippen LogP) is 4.52. The van der Waals surface area contributed by atoms with Crippen molar-refractivity contribution in [3.63, 3.8) is 0 Å². The number of rotatable bonds is 12. The van der Waals surface area contributed by atoms with Crippen molar-refractivity contribution in [3.8, 4) is 17.0 Å². The van der Waals surface area contributed by atoms with Crippen LogP contribution in [0.3, 0.4) is 0 Å². The highest BCUT2D eigenvalue weighted by atomic mass is 16.6. The molecule has 1 aromatic heterocycles. The van der Waals surface area contributed by atoms with Gasteiger partial charge in [-0.1, -0.05) is 32.4 Å². The van der Waals surface area contributed by atoms with Gasteiger partial charge in [-0.05, 0) is 62.8 Å². The van der Waals surface area contributed by atoms with E-state index >= 15 is 0 Å². The Bertz CT molecular complexity index is 768. The lowest BCUT2D eigenvalue weighted by Gasteiger charge is -2.12. The molecule has 1 heterocycles. The van der Waals surface area contributed by atoms with Crippen LogP contribution in [0.25, 0.3) is 11.3 Å². The molecular formula is C24H32N2O3. The first-order valence-corrected chi connectivity index (χ1v) is 10.2. The van der Waals surface area contributed by atoms with E-state index in [0.717, 1.165) is 23.4 Å². The highest BCUT2D eigenvalue weighted by Gasteiger charge is 2.09. The molecule has 0 fully saturated rings. The number of pyridine rings is 1. The highest BCUT2D eigenvalue weighted by Crippen LogP contribution is 2.21. The van der Waals surface area contributed by atoms with Crippen LogP contribution in [0.2, 0.25) is 0 Å². The number of unbranched alkanes of at least 4 members (excludes halogenated alkanes) is 2. The summed E-state index contributed by atoms with van der Waals surface area (Å²) in [4.78, 5) is 18.2. The fourth-order valence-electron chi connectivity index (χ4n) is 2.89. The summed E-state index contributed by atoms with van der Waals surface area (Å²) in [7, 11) is 3.76. The van der Waals surface area contributed by atoms with Crippen molar-refractivity contribution in [2.75, 3.05) is 33.9 Å². The van der Waals surface area contributed by atoms with Crippen molar-refractivity contribution < 1.29 is 14.3 Å². The maximum atomic E-state index is 11.8. The molecule has 0 aliphatic carbocycles. The molecular weight excluding hydrogens is 364 g/mol. The second-order valence-electron chi connectivity index (χ2n) is 7.36. The van der Waals surface area contributed by atoms with Gasteiger partial charge < -0.3 is 14.4 Å². The average Bonchev–Trinajstić information content (AvgIpc) is 2.72. The molecule has 0 radical (unpaired) electrons. The Morgan fingerprint density at radius 3 is 2.45 bits per heavy atom. The molecule has 29 heavy (non-hydrogen) atoms. The third kappa shape index (κ3) is 8.08. The highest BCUT2D eigenvalue weighted by molar-refractivity contribution is 5.88. The number of nitrogens with zero attached hydrogens (tertiary/aromatic N) is 2. The number of likely N-dealkylation sites (N-methyl/N-ethyl adjacent to an activating group) is 1. The van der Waals surface area contributed by atoms with Gasteiger partial charge in [0.05, 0.1) is 5.69 Å². The van der Waals surface area contributed by atoms with Gasteiger partial charge in [-0.3, -0.25) is 4.98 Å². The Kier molecular flexibility index (Phi) is 9.38. The lowest BCUT2D eigenvalue weighted by Crippen LogP contribution is -2.22. The lowest BCUT2D eigenvalue weighted by molar-refractivity contribution is -0.139. The van der Waals surface area contributed by atoms with Gasteiger partial charge >= 0.3 is 5.97 Å². The van der Waals surface area contributed by atoms with Crippen LogP contribution in [0.15, 0.2) is 54.7 Å². The number of carbonyl (C=O) groups is 1. The van der Waals surface area contributed by atoms with Gasteiger partial charge in [-0.25, -0.2) is 4.79 Å². The van der Waals surface area contributed by atoms with Crippen LogP contribution >= 0.6 is 0 Å². The third-order valence-electron chi connectivity index (χ3n) is 4.42. The molecule has 0 N–H and O–H groups in total. The van der Waals surface area contributed by atoms with Crippen molar-refractivity contribution in [2.24, 2.45) is 0 Å². The molecule has 0 spiro atoms. The standard InChI is InChI=1S/C24H32N2O3/c1-5-6-7-8-20-9-14-23(25-17-20)21-10-12-22(13-11-21)28-15-16-29-24(27)19(2)18-26(3)4/h9-14,17H,2,5-8,15-16,18H2,1,3-4H3. The normalized spacial score (nSPS) is 10.8. The van der Waals surface area contributed by atoms with Crippen molar-refractivity contribution in [1.29, 1.82) is 0 Å². The first-order valence-electron chi connectivity index (χ1n) is 10.2. The molecule has 5 nitrogen and oxygen atoms in total. The first-order chi connectivity index (χ1) is 14.0. The molecule has 2 aromatic rings. The maximum Gasteiger partial charge on any atom is 0.334 e. The SMILES string of the molecule is C=C(CN(C)C)C(=O)OCCOc1ccc(-c2ccc(CCCCC)cn2)cc1. The summed E-state index contributed by atoms with van der Waals surface area (Å²) >= 11 is 0. The number of aromatic nitrogens is 1. The fourth-order valence-corrected chi connectivity index (χ4v) is 2.89. The number of carbonyl (C=O) groups excluding carboxylic acids is 1. The molecule has 0 aliphatic heterocycles. The van der Waals surface area contributed by atoms with E-state index in [2.05, 4.69) is 30.6 Å². The number of esters is 1. The number of hydrogen-bond acceptors (Lipinski definition) is 5. The molecule has 0 saturated heterocycles. The summed E-state index contributed by atoms with van der Waals surface area (Å²) in [6.45, 7) is 6.91. The molecule has 1 aromatic carbocycles. The zero-order chi connectivity index (χ0) is 21.1. The molecule has 5 heteroatoms. The minimum absolute atomic E-state index is 0.189. The van der Waals surface area contributed by atoms with Crippen LogP contribution in [0.4, 0.5) is 0 Å². The molecule has 0 amide bonds. The predicted molar refractivity (Wildman–Crippen MR) is 117 cm³/mol. The van der Waals surface area contributed by atoms with E-state index in [1.54, 1.807) is 0 Å². The minimum Gasteiger partial charge on any atom is -0.490 e.